The van der Waals surface area contributed by atoms with Gasteiger partial charge < -0.3 is 19.9 Å². The second-order valence-electron chi connectivity index (χ2n) is 10.2. The van der Waals surface area contributed by atoms with Gasteiger partial charge in [-0.05, 0) is 93.9 Å². The lowest BCUT2D eigenvalue weighted by atomic mass is 9.87. The molecule has 3 heterocycles. The van der Waals surface area contributed by atoms with Gasteiger partial charge in [0.2, 0.25) is 0 Å². The first kappa shape index (κ1) is 26.7. The predicted molar refractivity (Wildman–Crippen MR) is 152 cm³/mol. The number of nitrogens with zero attached hydrogens (tertiary/aromatic N) is 1. The van der Waals surface area contributed by atoms with Crippen LogP contribution in [0.15, 0.2) is 53.1 Å². The first-order valence-corrected chi connectivity index (χ1v) is 13.8. The highest BCUT2D eigenvalue weighted by atomic mass is 79.9. The lowest BCUT2D eigenvalue weighted by Crippen LogP contribution is -2.40. The van der Waals surface area contributed by atoms with E-state index in [0.29, 0.717) is 17.9 Å². The highest BCUT2D eigenvalue weighted by molar-refractivity contribution is 9.10. The van der Waals surface area contributed by atoms with Crippen LogP contribution in [-0.4, -0.2) is 43.5 Å². The molecule has 2 saturated heterocycles. The number of fused-ring (bicyclic) bond motifs is 1. The smallest absolute Gasteiger partial charge is 0.0484 e. The summed E-state index contributed by atoms with van der Waals surface area (Å²) in [5.74, 6) is 1.07. The molecule has 6 heteroatoms. The number of hydrogen-bond donors (Lipinski definition) is 2. The number of aryl methyl sites for hydroxylation is 1. The third kappa shape index (κ3) is 6.69. The number of hydrogen-bond acceptors (Lipinski definition) is 3. The first-order valence-electron chi connectivity index (χ1n) is 13.0. The van der Waals surface area contributed by atoms with E-state index >= 15 is 0 Å². The van der Waals surface area contributed by atoms with Crippen molar-refractivity contribution in [1.82, 2.24) is 15.2 Å². The number of rotatable bonds is 8. The van der Waals surface area contributed by atoms with Gasteiger partial charge in [0, 0.05) is 53.3 Å². The maximum absolute atomic E-state index is 5.62. The van der Waals surface area contributed by atoms with Crippen LogP contribution in [0.2, 0.25) is 0 Å². The number of aromatic nitrogens is 1. The average Bonchev–Trinajstić information content (AvgIpc) is 3.20. The van der Waals surface area contributed by atoms with Crippen LogP contribution in [0.3, 0.4) is 0 Å². The zero-order valence-electron chi connectivity index (χ0n) is 20.8. The normalized spacial score (nSPS) is 18.5. The van der Waals surface area contributed by atoms with Gasteiger partial charge in [0.25, 0.3) is 0 Å². The molecule has 0 amide bonds. The lowest BCUT2D eigenvalue weighted by Gasteiger charge is -2.25. The van der Waals surface area contributed by atoms with Crippen LogP contribution in [0.25, 0.3) is 10.9 Å². The van der Waals surface area contributed by atoms with Gasteiger partial charge in [-0.1, -0.05) is 45.8 Å². The van der Waals surface area contributed by atoms with Crippen LogP contribution in [0.4, 0.5) is 0 Å². The average molecular weight is 561 g/mol. The highest BCUT2D eigenvalue weighted by Gasteiger charge is 2.23. The molecule has 2 fully saturated rings. The summed E-state index contributed by atoms with van der Waals surface area (Å²) in [6.07, 6.45) is 8.35. The lowest BCUT2D eigenvalue weighted by molar-refractivity contribution is 0.0616. The van der Waals surface area contributed by atoms with Crippen molar-refractivity contribution in [2.75, 3.05) is 32.8 Å². The Morgan fingerprint density at radius 1 is 1.09 bits per heavy atom. The molecule has 1 aromatic heterocycles. The minimum absolute atomic E-state index is 0. The van der Waals surface area contributed by atoms with E-state index in [2.05, 4.69) is 86.7 Å². The van der Waals surface area contributed by atoms with E-state index in [1.807, 2.05) is 0 Å². The van der Waals surface area contributed by atoms with Crippen LogP contribution in [0.5, 0.6) is 0 Å². The van der Waals surface area contributed by atoms with E-state index in [9.17, 15) is 0 Å². The van der Waals surface area contributed by atoms with Crippen molar-refractivity contribution in [3.8, 4) is 0 Å². The summed E-state index contributed by atoms with van der Waals surface area (Å²) in [6.45, 7) is 8.39. The minimum Gasteiger partial charge on any atom is -0.381 e. The zero-order chi connectivity index (χ0) is 23.3. The van der Waals surface area contributed by atoms with Gasteiger partial charge in [-0.15, -0.1) is 12.4 Å². The molecular formula is C29H39BrClN3O. The van der Waals surface area contributed by atoms with E-state index in [4.69, 9.17) is 4.74 Å². The summed E-state index contributed by atoms with van der Waals surface area (Å²) in [7, 11) is 0. The molecule has 190 valence electrons. The van der Waals surface area contributed by atoms with Crippen molar-refractivity contribution in [2.24, 2.45) is 5.92 Å². The molecule has 2 N–H and O–H groups in total. The molecule has 0 saturated carbocycles. The summed E-state index contributed by atoms with van der Waals surface area (Å²) in [5.41, 5.74) is 5.58. The van der Waals surface area contributed by atoms with Crippen molar-refractivity contribution in [3.63, 3.8) is 0 Å². The van der Waals surface area contributed by atoms with Gasteiger partial charge in [0.15, 0.2) is 0 Å². The van der Waals surface area contributed by atoms with Gasteiger partial charge in [0.05, 0.1) is 0 Å². The molecule has 0 aliphatic carbocycles. The molecule has 2 aliphatic rings. The van der Waals surface area contributed by atoms with Crippen molar-refractivity contribution in [1.29, 1.82) is 0 Å². The Balaban J connectivity index is 0.00000289. The first-order chi connectivity index (χ1) is 16.7. The maximum Gasteiger partial charge on any atom is 0.0484 e. The summed E-state index contributed by atoms with van der Waals surface area (Å²) in [5, 5.41) is 8.73. The van der Waals surface area contributed by atoms with Gasteiger partial charge in [-0.2, -0.15) is 0 Å². The quantitative estimate of drug-likeness (QED) is 0.334. The summed E-state index contributed by atoms with van der Waals surface area (Å²) in [6, 6.07) is 16.6. The molecule has 3 aromatic rings. The molecule has 0 spiro atoms. The monoisotopic (exact) mass is 559 g/mol. The van der Waals surface area contributed by atoms with E-state index in [0.717, 1.165) is 63.1 Å². The topological polar surface area (TPSA) is 38.2 Å². The molecule has 0 bridgehead atoms. The highest BCUT2D eigenvalue weighted by Crippen LogP contribution is 2.37. The van der Waals surface area contributed by atoms with Gasteiger partial charge >= 0.3 is 0 Å². The minimum atomic E-state index is 0. The van der Waals surface area contributed by atoms with Crippen molar-refractivity contribution < 1.29 is 4.74 Å². The third-order valence-electron chi connectivity index (χ3n) is 7.69. The Bertz CT molecular complexity index is 1090. The molecule has 2 aromatic carbocycles. The van der Waals surface area contributed by atoms with Crippen LogP contribution in [0.1, 0.15) is 54.7 Å². The Morgan fingerprint density at radius 2 is 1.89 bits per heavy atom. The second kappa shape index (κ2) is 12.7. The zero-order valence-corrected chi connectivity index (χ0v) is 23.2. The molecule has 1 atom stereocenters. The standard InChI is InChI=1S/C29H38BrN3O.ClH/c1-21-3-2-4-23(17-21)26(9-14-32-25-7-12-31-13-8-25)28-20-33(19-22-10-15-34-16-11-22)29-6-5-24(30)18-27(28)29;/h2-6,17-18,20,22,25-26,31-32H,7-16,19H2,1H3;1H. The fourth-order valence-corrected chi connectivity index (χ4v) is 6.14. The van der Waals surface area contributed by atoms with Crippen LogP contribution >= 0.6 is 28.3 Å². The molecule has 2 aliphatic heterocycles. The van der Waals surface area contributed by atoms with Gasteiger partial charge in [-0.25, -0.2) is 0 Å². The van der Waals surface area contributed by atoms with Gasteiger partial charge in [-0.3, -0.25) is 0 Å². The van der Waals surface area contributed by atoms with Crippen molar-refractivity contribution in [3.05, 3.63) is 69.8 Å². The number of ether oxygens (including phenoxy) is 1. The molecular weight excluding hydrogens is 522 g/mol. The SMILES string of the molecule is Cc1cccc(C(CCNC2CCNCC2)c2cn(CC3CCOCC3)c3ccc(Br)cc23)c1.Cl. The van der Waals surface area contributed by atoms with Crippen molar-refractivity contribution >= 4 is 39.2 Å². The van der Waals surface area contributed by atoms with E-state index in [-0.39, 0.29) is 12.4 Å². The number of halogens is 2. The maximum atomic E-state index is 5.62. The van der Waals surface area contributed by atoms with Crippen LogP contribution in [-0.2, 0) is 11.3 Å². The Morgan fingerprint density at radius 3 is 2.66 bits per heavy atom. The van der Waals surface area contributed by atoms with Gasteiger partial charge in [0.1, 0.15) is 0 Å². The van der Waals surface area contributed by atoms with E-state index in [1.54, 1.807) is 0 Å². The third-order valence-corrected chi connectivity index (χ3v) is 8.19. The molecule has 4 nitrogen and oxygen atoms in total. The van der Waals surface area contributed by atoms with E-state index < -0.39 is 0 Å². The largest absolute Gasteiger partial charge is 0.381 e. The predicted octanol–water partition coefficient (Wildman–Crippen LogP) is 6.42. The molecule has 1 unspecified atom stereocenters. The fraction of sp³-hybridized carbons (Fsp3) is 0.517. The number of piperidine rings is 1. The number of nitrogens with one attached hydrogen (secondary N) is 2. The van der Waals surface area contributed by atoms with Crippen LogP contribution < -0.4 is 10.6 Å². The summed E-state index contributed by atoms with van der Waals surface area (Å²) < 4.78 is 9.30. The Labute approximate surface area is 224 Å². The molecule has 0 radical (unpaired) electrons. The fourth-order valence-electron chi connectivity index (χ4n) is 5.78. The Hall–Kier alpha value is -1.37. The molecule has 5 rings (SSSR count). The summed E-state index contributed by atoms with van der Waals surface area (Å²) in [4.78, 5) is 0. The molecule has 35 heavy (non-hydrogen) atoms. The number of benzene rings is 2. The summed E-state index contributed by atoms with van der Waals surface area (Å²) >= 11 is 3.75. The Kier molecular flexibility index (Phi) is 9.71. The van der Waals surface area contributed by atoms with Crippen molar-refractivity contribution in [2.45, 2.75) is 57.5 Å². The van der Waals surface area contributed by atoms with Crippen LogP contribution in [0, 0.1) is 12.8 Å². The second-order valence-corrected chi connectivity index (χ2v) is 11.1. The van der Waals surface area contributed by atoms with E-state index in [1.165, 1.54) is 40.4 Å².